The van der Waals surface area contributed by atoms with Gasteiger partial charge < -0.3 is 15.2 Å². The van der Waals surface area contributed by atoms with Gasteiger partial charge in [0.05, 0.1) is 6.54 Å². The molecule has 0 saturated carbocycles. The Kier molecular flexibility index (Phi) is 5.09. The summed E-state index contributed by atoms with van der Waals surface area (Å²) in [6, 6.07) is 0. The van der Waals surface area contributed by atoms with Crippen molar-refractivity contribution in [1.29, 1.82) is 0 Å². The number of rotatable bonds is 5. The van der Waals surface area contributed by atoms with Crippen molar-refractivity contribution in [3.63, 3.8) is 0 Å². The van der Waals surface area contributed by atoms with Gasteiger partial charge in [0.2, 0.25) is 5.91 Å². The molecule has 0 spiro atoms. The van der Waals surface area contributed by atoms with Crippen molar-refractivity contribution in [2.45, 2.75) is 39.7 Å². The fourth-order valence-electron chi connectivity index (χ4n) is 1.55. The first kappa shape index (κ1) is 15.2. The molecule has 0 aliphatic carbocycles. The van der Waals surface area contributed by atoms with Gasteiger partial charge in [-0.05, 0) is 27.2 Å². The maximum absolute atomic E-state index is 12.1. The van der Waals surface area contributed by atoms with Crippen LogP contribution in [0.15, 0.2) is 17.2 Å². The van der Waals surface area contributed by atoms with Crippen LogP contribution in [0.2, 0.25) is 0 Å². The minimum Gasteiger partial charge on any atom is -0.356 e. The van der Waals surface area contributed by atoms with Gasteiger partial charge in [-0.1, -0.05) is 6.92 Å². The van der Waals surface area contributed by atoms with E-state index >= 15 is 0 Å². The van der Waals surface area contributed by atoms with Gasteiger partial charge in [0.1, 0.15) is 0 Å². The lowest BCUT2D eigenvalue weighted by Crippen LogP contribution is -2.37. The average Bonchev–Trinajstić information content (AvgIpc) is 2.33. The predicted octanol–water partition coefficient (Wildman–Crippen LogP) is 0.936. The summed E-state index contributed by atoms with van der Waals surface area (Å²) in [7, 11) is 0. The molecule has 106 valence electrons. The first-order valence-corrected chi connectivity index (χ1v) is 6.45. The second-order valence-corrected chi connectivity index (χ2v) is 5.33. The van der Waals surface area contributed by atoms with E-state index in [0.29, 0.717) is 6.54 Å². The molecule has 19 heavy (non-hydrogen) atoms. The van der Waals surface area contributed by atoms with Crippen LogP contribution in [0.25, 0.3) is 0 Å². The zero-order valence-corrected chi connectivity index (χ0v) is 12.0. The Labute approximate surface area is 113 Å². The van der Waals surface area contributed by atoms with Crippen molar-refractivity contribution in [2.24, 2.45) is 0 Å². The van der Waals surface area contributed by atoms with E-state index in [9.17, 15) is 9.59 Å². The molecule has 6 nitrogen and oxygen atoms in total. The summed E-state index contributed by atoms with van der Waals surface area (Å²) in [4.78, 5) is 27.6. The van der Waals surface area contributed by atoms with E-state index < -0.39 is 0 Å². The van der Waals surface area contributed by atoms with E-state index in [1.165, 1.54) is 0 Å². The highest BCUT2D eigenvalue weighted by atomic mass is 16.2. The quantitative estimate of drug-likeness (QED) is 0.831. The molecule has 0 saturated heterocycles. The van der Waals surface area contributed by atoms with Gasteiger partial charge in [-0.25, -0.2) is 4.98 Å². The molecular formula is C13H22N4O2. The molecule has 0 aliphatic rings. The number of hydrogen-bond acceptors (Lipinski definition) is 4. The number of nitrogens with zero attached hydrogens (tertiary/aromatic N) is 2. The summed E-state index contributed by atoms with van der Waals surface area (Å²) in [5, 5.41) is 5.51. The Hall–Kier alpha value is -1.85. The molecule has 0 fully saturated rings. The summed E-state index contributed by atoms with van der Waals surface area (Å²) in [5.74, 6) is 0.0540. The Morgan fingerprint density at radius 2 is 2.11 bits per heavy atom. The van der Waals surface area contributed by atoms with E-state index in [1.54, 1.807) is 17.0 Å². The molecular weight excluding hydrogens is 244 g/mol. The number of carbonyl (C=O) groups excluding carboxylic acids is 1. The molecule has 0 atom stereocenters. The Bertz CT molecular complexity index is 488. The summed E-state index contributed by atoms with van der Waals surface area (Å²) < 4.78 is 1.59. The summed E-state index contributed by atoms with van der Waals surface area (Å²) >= 11 is 0. The van der Waals surface area contributed by atoms with E-state index in [0.717, 1.165) is 6.42 Å². The molecule has 0 radical (unpaired) electrons. The maximum atomic E-state index is 12.1. The predicted molar refractivity (Wildman–Crippen MR) is 75.3 cm³/mol. The zero-order valence-electron chi connectivity index (χ0n) is 12.0. The van der Waals surface area contributed by atoms with Gasteiger partial charge >= 0.3 is 0 Å². The first-order valence-electron chi connectivity index (χ1n) is 6.45. The van der Waals surface area contributed by atoms with Crippen molar-refractivity contribution in [3.8, 4) is 0 Å². The molecule has 2 N–H and O–H groups in total. The van der Waals surface area contributed by atoms with Gasteiger partial charge in [0.25, 0.3) is 5.56 Å². The van der Waals surface area contributed by atoms with E-state index in [2.05, 4.69) is 15.6 Å². The number of amides is 1. The lowest BCUT2D eigenvalue weighted by atomic mass is 10.1. The molecule has 0 unspecified atom stereocenters. The largest absolute Gasteiger partial charge is 0.356 e. The zero-order chi connectivity index (χ0) is 14.5. The number of anilines is 1. The number of nitrogens with one attached hydrogen (secondary N) is 2. The van der Waals surface area contributed by atoms with Crippen molar-refractivity contribution in [2.75, 3.05) is 18.4 Å². The molecule has 1 aromatic heterocycles. The molecule has 0 bridgehead atoms. The van der Waals surface area contributed by atoms with Crippen molar-refractivity contribution in [1.82, 2.24) is 14.9 Å². The molecule has 1 heterocycles. The standard InChI is InChI=1S/C13H22N4O2/c1-5-6-14-10(18)9-16-11-12(19)17(8-7-15-11)13(2,3)4/h7-8H,5-6,9H2,1-4H3,(H,14,18)(H,15,16). The molecule has 1 rings (SSSR count). The molecule has 1 aromatic rings. The van der Waals surface area contributed by atoms with Crippen LogP contribution in [0.5, 0.6) is 0 Å². The lowest BCUT2D eigenvalue weighted by Gasteiger charge is -2.22. The van der Waals surface area contributed by atoms with Crippen LogP contribution in [0.4, 0.5) is 5.82 Å². The minimum atomic E-state index is -0.319. The summed E-state index contributed by atoms with van der Waals surface area (Å²) in [6.45, 7) is 8.48. The van der Waals surface area contributed by atoms with E-state index in [1.807, 2.05) is 27.7 Å². The normalized spacial score (nSPS) is 11.2. The van der Waals surface area contributed by atoms with Crippen LogP contribution in [0.1, 0.15) is 34.1 Å². The fraction of sp³-hybridized carbons (Fsp3) is 0.615. The van der Waals surface area contributed by atoms with Gasteiger partial charge in [-0.3, -0.25) is 9.59 Å². The van der Waals surface area contributed by atoms with Crippen molar-refractivity contribution < 1.29 is 4.79 Å². The minimum absolute atomic E-state index is 0.0520. The van der Waals surface area contributed by atoms with E-state index in [-0.39, 0.29) is 29.4 Å². The van der Waals surface area contributed by atoms with Crippen LogP contribution in [-0.4, -0.2) is 28.5 Å². The van der Waals surface area contributed by atoms with Crippen LogP contribution < -0.4 is 16.2 Å². The molecule has 6 heteroatoms. The number of aromatic nitrogens is 2. The summed E-state index contributed by atoms with van der Waals surface area (Å²) in [5.41, 5.74) is -0.542. The smallest absolute Gasteiger partial charge is 0.293 e. The Balaban J connectivity index is 2.75. The third-order valence-electron chi connectivity index (χ3n) is 2.55. The Morgan fingerprint density at radius 3 is 2.68 bits per heavy atom. The third-order valence-corrected chi connectivity index (χ3v) is 2.55. The van der Waals surface area contributed by atoms with Gasteiger partial charge in [-0.2, -0.15) is 0 Å². The van der Waals surface area contributed by atoms with Crippen molar-refractivity contribution in [3.05, 3.63) is 22.7 Å². The van der Waals surface area contributed by atoms with Crippen LogP contribution in [0.3, 0.4) is 0 Å². The maximum Gasteiger partial charge on any atom is 0.293 e. The van der Waals surface area contributed by atoms with Crippen LogP contribution >= 0.6 is 0 Å². The number of hydrogen-bond donors (Lipinski definition) is 2. The van der Waals surface area contributed by atoms with Gasteiger partial charge in [-0.15, -0.1) is 0 Å². The van der Waals surface area contributed by atoms with Crippen LogP contribution in [-0.2, 0) is 10.3 Å². The highest BCUT2D eigenvalue weighted by Gasteiger charge is 2.16. The second kappa shape index (κ2) is 6.36. The SMILES string of the molecule is CCCNC(=O)CNc1nccn(C(C)(C)C)c1=O. The molecule has 0 aromatic carbocycles. The van der Waals surface area contributed by atoms with Gasteiger partial charge in [0, 0.05) is 24.5 Å². The average molecular weight is 266 g/mol. The third kappa shape index (κ3) is 4.39. The highest BCUT2D eigenvalue weighted by molar-refractivity contribution is 5.80. The fourth-order valence-corrected chi connectivity index (χ4v) is 1.55. The van der Waals surface area contributed by atoms with Crippen LogP contribution in [0, 0.1) is 0 Å². The van der Waals surface area contributed by atoms with Gasteiger partial charge in [0.15, 0.2) is 5.82 Å². The Morgan fingerprint density at radius 1 is 1.42 bits per heavy atom. The monoisotopic (exact) mass is 266 g/mol. The number of carbonyl (C=O) groups is 1. The van der Waals surface area contributed by atoms with E-state index in [4.69, 9.17) is 0 Å². The topological polar surface area (TPSA) is 76.0 Å². The summed E-state index contributed by atoms with van der Waals surface area (Å²) in [6.07, 6.45) is 4.08. The molecule has 0 aliphatic heterocycles. The molecule has 1 amide bonds. The first-order chi connectivity index (χ1) is 8.86. The second-order valence-electron chi connectivity index (χ2n) is 5.33. The highest BCUT2D eigenvalue weighted by Crippen LogP contribution is 2.10. The lowest BCUT2D eigenvalue weighted by molar-refractivity contribution is -0.119. The van der Waals surface area contributed by atoms with Crippen molar-refractivity contribution >= 4 is 11.7 Å².